The van der Waals surface area contributed by atoms with Crippen molar-refractivity contribution in [3.63, 3.8) is 0 Å². The van der Waals surface area contributed by atoms with Crippen LogP contribution in [0.3, 0.4) is 0 Å². The Morgan fingerprint density at radius 1 is 1.12 bits per heavy atom. The third kappa shape index (κ3) is 5.74. The average molecular weight is 473 g/mol. The van der Waals surface area contributed by atoms with Crippen LogP contribution in [-0.4, -0.2) is 46.1 Å². The number of para-hydroxylation sites is 1. The Kier molecular flexibility index (Phi) is 8.14. The molecular formula is C21H20N7NaO3S. The summed E-state index contributed by atoms with van der Waals surface area (Å²) in [4.78, 5) is 33.6. The summed E-state index contributed by atoms with van der Waals surface area (Å²) in [6.45, 7) is 0. The topological polar surface area (TPSA) is 131 Å². The van der Waals surface area contributed by atoms with Crippen molar-refractivity contribution in [1.82, 2.24) is 25.5 Å². The Morgan fingerprint density at radius 2 is 1.85 bits per heavy atom. The van der Waals surface area contributed by atoms with Crippen molar-refractivity contribution < 1.29 is 43.9 Å². The minimum atomic E-state index is -0.431. The number of carbonyl (C=O) groups is 2. The summed E-state index contributed by atoms with van der Waals surface area (Å²) in [6, 6.07) is 6.95. The van der Waals surface area contributed by atoms with E-state index in [0.717, 1.165) is 12.8 Å². The molecule has 2 amide bonds. The third-order valence-corrected chi connectivity index (χ3v) is 5.00. The molecule has 0 bridgehead atoms. The fourth-order valence-corrected chi connectivity index (χ4v) is 3.15. The van der Waals surface area contributed by atoms with Crippen LogP contribution in [0, 0.1) is 5.92 Å². The summed E-state index contributed by atoms with van der Waals surface area (Å²) in [7, 11) is 3.02. The molecule has 1 aliphatic rings. The first-order valence-electron chi connectivity index (χ1n) is 9.84. The number of aromatic nitrogens is 4. The zero-order chi connectivity index (χ0) is 22.7. The molecular weight excluding hydrogens is 453 g/mol. The standard InChI is InChI=1S/C21H21N7O3S.Na/c1-22-21(30)17-15(8-16(27-28-17)26-20(29)11-6-7-11)25-14-5-3-4-13(18(14)31-2)19-23-9-12(32)10-24-19;/h3-5,8-11,32H,6-7H2,1-2H3,(H,22,30)(H2,25,26,27,29);/q;+1/p-1. The molecule has 0 unspecified atom stereocenters. The van der Waals surface area contributed by atoms with E-state index >= 15 is 0 Å². The van der Waals surface area contributed by atoms with Crippen LogP contribution in [0.2, 0.25) is 0 Å². The quantitative estimate of drug-likeness (QED) is 0.301. The number of anilines is 3. The minimum Gasteiger partial charge on any atom is -0.777 e. The number of benzene rings is 1. The fraction of sp³-hybridized carbons (Fsp3) is 0.238. The molecule has 3 N–H and O–H groups in total. The van der Waals surface area contributed by atoms with Gasteiger partial charge in [0.2, 0.25) is 5.91 Å². The van der Waals surface area contributed by atoms with Gasteiger partial charge in [-0.3, -0.25) is 9.59 Å². The molecule has 3 aromatic rings. The molecule has 12 heteroatoms. The van der Waals surface area contributed by atoms with Crippen molar-refractivity contribution in [3.05, 3.63) is 42.4 Å². The summed E-state index contributed by atoms with van der Waals surface area (Å²) in [5, 5.41) is 16.4. The van der Waals surface area contributed by atoms with E-state index in [9.17, 15) is 9.59 Å². The predicted molar refractivity (Wildman–Crippen MR) is 120 cm³/mol. The first-order valence-corrected chi connectivity index (χ1v) is 10.2. The van der Waals surface area contributed by atoms with Crippen molar-refractivity contribution >= 4 is 41.6 Å². The second-order valence-electron chi connectivity index (χ2n) is 7.09. The Morgan fingerprint density at radius 3 is 2.48 bits per heavy atom. The number of nitrogens with zero attached hydrogens (tertiary/aromatic N) is 4. The van der Waals surface area contributed by atoms with Gasteiger partial charge in [0.05, 0.1) is 24.0 Å². The van der Waals surface area contributed by atoms with E-state index in [4.69, 9.17) is 17.4 Å². The summed E-state index contributed by atoms with van der Waals surface area (Å²) in [5.41, 5.74) is 1.60. The SMILES string of the molecule is CNC(=O)c1nnc(NC(=O)C2CC2)cc1Nc1cccc(-c2ncc([S-])cn2)c1OC.[Na+]. The van der Waals surface area contributed by atoms with E-state index in [2.05, 4.69) is 36.1 Å². The van der Waals surface area contributed by atoms with E-state index in [1.165, 1.54) is 14.2 Å². The average Bonchev–Trinajstić information content (AvgIpc) is 3.65. The van der Waals surface area contributed by atoms with E-state index in [-0.39, 0.29) is 52.9 Å². The molecule has 0 saturated heterocycles. The minimum absolute atomic E-state index is 0. The van der Waals surface area contributed by atoms with Crippen molar-refractivity contribution in [2.75, 3.05) is 24.8 Å². The Labute approximate surface area is 218 Å². The summed E-state index contributed by atoms with van der Waals surface area (Å²) in [5.74, 6) is 0.616. The molecule has 164 valence electrons. The number of nitrogens with one attached hydrogen (secondary N) is 3. The van der Waals surface area contributed by atoms with Crippen molar-refractivity contribution in [1.29, 1.82) is 0 Å². The largest absolute Gasteiger partial charge is 1.00 e. The first-order chi connectivity index (χ1) is 15.5. The van der Waals surface area contributed by atoms with Gasteiger partial charge in [0.15, 0.2) is 23.1 Å². The maximum absolute atomic E-state index is 12.3. The molecule has 10 nitrogen and oxygen atoms in total. The Hall–Kier alpha value is -2.86. The number of methoxy groups -OCH3 is 1. The van der Waals surface area contributed by atoms with Gasteiger partial charge in [-0.05, 0) is 25.0 Å². The van der Waals surface area contributed by atoms with Crippen molar-refractivity contribution in [2.45, 2.75) is 17.7 Å². The first kappa shape index (κ1) is 24.8. The van der Waals surface area contributed by atoms with Crippen LogP contribution in [0.1, 0.15) is 23.3 Å². The molecule has 1 aliphatic carbocycles. The van der Waals surface area contributed by atoms with Crippen LogP contribution in [0.5, 0.6) is 5.75 Å². The molecule has 0 radical (unpaired) electrons. The van der Waals surface area contributed by atoms with Gasteiger partial charge in [-0.2, -0.15) is 0 Å². The zero-order valence-electron chi connectivity index (χ0n) is 18.4. The van der Waals surface area contributed by atoms with E-state index in [1.54, 1.807) is 30.6 Å². The zero-order valence-corrected chi connectivity index (χ0v) is 21.2. The number of carbonyl (C=O) groups excluding carboxylic acids is 2. The molecule has 2 aromatic heterocycles. The third-order valence-electron chi connectivity index (χ3n) is 4.79. The van der Waals surface area contributed by atoms with Crippen LogP contribution < -0.4 is 50.2 Å². The second kappa shape index (κ2) is 10.8. The molecule has 0 aliphatic heterocycles. The van der Waals surface area contributed by atoms with Gasteiger partial charge in [0.1, 0.15) is 0 Å². The van der Waals surface area contributed by atoms with Gasteiger partial charge in [0, 0.05) is 31.4 Å². The molecule has 0 atom stereocenters. The fourth-order valence-electron chi connectivity index (χ4n) is 3.04. The van der Waals surface area contributed by atoms with Gasteiger partial charge in [-0.1, -0.05) is 6.07 Å². The molecule has 33 heavy (non-hydrogen) atoms. The molecule has 0 spiro atoms. The Balaban J connectivity index is 0.00000306. The number of ether oxygens (including phenoxy) is 1. The van der Waals surface area contributed by atoms with E-state index in [0.29, 0.717) is 33.4 Å². The number of hydrogen-bond donors (Lipinski definition) is 3. The van der Waals surface area contributed by atoms with Crippen LogP contribution in [-0.2, 0) is 17.4 Å². The summed E-state index contributed by atoms with van der Waals surface area (Å²) >= 11 is 5.06. The molecule has 1 fully saturated rings. The van der Waals surface area contributed by atoms with Gasteiger partial charge in [-0.25, -0.2) is 9.97 Å². The maximum Gasteiger partial charge on any atom is 1.00 e. The monoisotopic (exact) mass is 473 g/mol. The van der Waals surface area contributed by atoms with Crippen LogP contribution in [0.25, 0.3) is 11.4 Å². The van der Waals surface area contributed by atoms with E-state index < -0.39 is 5.91 Å². The summed E-state index contributed by atoms with van der Waals surface area (Å²) in [6.07, 6.45) is 4.81. The number of amides is 2. The van der Waals surface area contributed by atoms with Crippen LogP contribution in [0.15, 0.2) is 41.6 Å². The normalized spacial score (nSPS) is 12.3. The van der Waals surface area contributed by atoms with Crippen LogP contribution in [0.4, 0.5) is 17.2 Å². The van der Waals surface area contributed by atoms with Crippen molar-refractivity contribution in [3.8, 4) is 17.1 Å². The molecule has 1 saturated carbocycles. The Bertz CT molecular complexity index is 1170. The van der Waals surface area contributed by atoms with E-state index in [1.807, 2.05) is 6.07 Å². The van der Waals surface area contributed by atoms with Gasteiger partial charge in [-0.15, -0.1) is 15.1 Å². The molecule has 2 heterocycles. The second-order valence-corrected chi connectivity index (χ2v) is 7.56. The predicted octanol–water partition coefficient (Wildman–Crippen LogP) is -0.696. The molecule has 1 aromatic carbocycles. The van der Waals surface area contributed by atoms with Gasteiger partial charge in [0.25, 0.3) is 5.91 Å². The van der Waals surface area contributed by atoms with Gasteiger partial charge >= 0.3 is 29.6 Å². The van der Waals surface area contributed by atoms with Gasteiger partial charge < -0.3 is 33.3 Å². The number of hydrogen-bond acceptors (Lipinski definition) is 9. The smallest absolute Gasteiger partial charge is 0.777 e. The molecule has 4 rings (SSSR count). The number of rotatable bonds is 7. The summed E-state index contributed by atoms with van der Waals surface area (Å²) < 4.78 is 5.62. The van der Waals surface area contributed by atoms with Crippen molar-refractivity contribution in [2.24, 2.45) is 5.92 Å². The van der Waals surface area contributed by atoms with Crippen LogP contribution >= 0.6 is 0 Å². The maximum atomic E-state index is 12.3.